The number of rotatable bonds is 4. The van der Waals surface area contributed by atoms with Crippen molar-refractivity contribution in [3.05, 3.63) is 29.7 Å². The summed E-state index contributed by atoms with van der Waals surface area (Å²) in [6, 6.07) is 0. The summed E-state index contributed by atoms with van der Waals surface area (Å²) >= 11 is 1.52. The zero-order valence-electron chi connectivity index (χ0n) is 13.5. The van der Waals surface area contributed by atoms with Gasteiger partial charge in [-0.3, -0.25) is 14.8 Å². The van der Waals surface area contributed by atoms with Gasteiger partial charge in [0.25, 0.3) is 0 Å². The monoisotopic (exact) mass is 344 g/mol. The average Bonchev–Trinajstić information content (AvgIpc) is 3.27. The summed E-state index contributed by atoms with van der Waals surface area (Å²) < 4.78 is 0. The normalized spacial score (nSPS) is 26.5. The molecule has 7 nitrogen and oxygen atoms in total. The number of thiazole rings is 1. The highest BCUT2D eigenvalue weighted by Gasteiger charge is 2.53. The number of carbonyl (C=O) groups excluding carboxylic acids is 1. The largest absolute Gasteiger partial charge is 0.350 e. The van der Waals surface area contributed by atoms with Crippen molar-refractivity contribution >= 4 is 17.2 Å². The van der Waals surface area contributed by atoms with Gasteiger partial charge in [0, 0.05) is 49.9 Å². The molecule has 4 rings (SSSR count). The van der Waals surface area contributed by atoms with E-state index in [1.54, 1.807) is 18.6 Å². The van der Waals surface area contributed by atoms with E-state index >= 15 is 0 Å². The van der Waals surface area contributed by atoms with E-state index in [1.807, 2.05) is 5.38 Å². The molecule has 0 unspecified atom stereocenters. The summed E-state index contributed by atoms with van der Waals surface area (Å²) in [7, 11) is 2.08. The van der Waals surface area contributed by atoms with E-state index in [0.717, 1.165) is 42.6 Å². The zero-order valence-corrected chi connectivity index (χ0v) is 14.3. The van der Waals surface area contributed by atoms with Crippen molar-refractivity contribution in [2.24, 2.45) is 11.3 Å². The molecule has 4 heterocycles. The van der Waals surface area contributed by atoms with Gasteiger partial charge in [0.2, 0.25) is 5.91 Å². The highest BCUT2D eigenvalue weighted by Crippen LogP contribution is 2.38. The first kappa shape index (κ1) is 15.6. The molecule has 2 aliphatic rings. The Morgan fingerprint density at radius 1 is 1.54 bits per heavy atom. The first-order valence-electron chi connectivity index (χ1n) is 8.06. The van der Waals surface area contributed by atoms with Crippen LogP contribution >= 0.6 is 11.3 Å². The number of hydrogen-bond donors (Lipinski definition) is 2. The van der Waals surface area contributed by atoms with Gasteiger partial charge in [-0.15, -0.1) is 11.3 Å². The summed E-state index contributed by atoms with van der Waals surface area (Å²) in [5.41, 5.74) is 1.33. The lowest BCUT2D eigenvalue weighted by atomic mass is 9.80. The Hall–Kier alpha value is -1.90. The molecule has 2 fully saturated rings. The zero-order chi connectivity index (χ0) is 16.6. The molecule has 0 aliphatic carbocycles. The van der Waals surface area contributed by atoms with Gasteiger partial charge in [-0.25, -0.2) is 4.98 Å². The summed E-state index contributed by atoms with van der Waals surface area (Å²) in [6.07, 6.45) is 4.99. The van der Waals surface area contributed by atoms with Crippen LogP contribution in [0.25, 0.3) is 10.7 Å². The fourth-order valence-corrected chi connectivity index (χ4v) is 4.54. The topological polar surface area (TPSA) is 83.0 Å². The third kappa shape index (κ3) is 2.70. The number of likely N-dealkylation sites (tertiary alicyclic amines) is 1. The highest BCUT2D eigenvalue weighted by molar-refractivity contribution is 7.13. The Kier molecular flexibility index (Phi) is 4.03. The lowest BCUT2D eigenvalue weighted by Crippen LogP contribution is -2.46. The summed E-state index contributed by atoms with van der Waals surface area (Å²) in [5.74, 6) is 0.531. The molecule has 2 aliphatic heterocycles. The third-order valence-electron chi connectivity index (χ3n) is 4.91. The maximum Gasteiger partial charge on any atom is 0.229 e. The maximum atomic E-state index is 12.8. The second kappa shape index (κ2) is 6.19. The van der Waals surface area contributed by atoms with Gasteiger partial charge in [0.1, 0.15) is 10.7 Å². The Morgan fingerprint density at radius 3 is 3.29 bits per heavy atom. The number of fused-ring (bicyclic) bond motifs is 1. The summed E-state index contributed by atoms with van der Waals surface area (Å²) in [6.45, 7) is 3.93. The fraction of sp³-hybridized carbons (Fsp3) is 0.500. The van der Waals surface area contributed by atoms with E-state index in [2.05, 4.69) is 37.5 Å². The lowest BCUT2D eigenvalue weighted by molar-refractivity contribution is -0.130. The maximum absolute atomic E-state index is 12.8. The van der Waals surface area contributed by atoms with Gasteiger partial charge in [-0.2, -0.15) is 0 Å². The predicted molar refractivity (Wildman–Crippen MR) is 91.3 cm³/mol. The quantitative estimate of drug-likeness (QED) is 0.834. The Morgan fingerprint density at radius 2 is 2.46 bits per heavy atom. The van der Waals surface area contributed by atoms with Crippen LogP contribution in [0, 0.1) is 11.3 Å². The molecule has 2 atom stereocenters. The van der Waals surface area contributed by atoms with Gasteiger partial charge in [-0.1, -0.05) is 0 Å². The van der Waals surface area contributed by atoms with Gasteiger partial charge < -0.3 is 15.5 Å². The first-order valence-corrected chi connectivity index (χ1v) is 8.94. The van der Waals surface area contributed by atoms with Crippen LogP contribution in [0.3, 0.4) is 0 Å². The molecular formula is C16H20N6OS. The molecule has 2 aromatic heterocycles. The Balaban J connectivity index is 1.42. The summed E-state index contributed by atoms with van der Waals surface area (Å²) in [5, 5.41) is 9.26. The first-order chi connectivity index (χ1) is 11.7. The fourth-order valence-electron chi connectivity index (χ4n) is 3.76. The smallest absolute Gasteiger partial charge is 0.229 e. The number of aromatic nitrogens is 3. The van der Waals surface area contributed by atoms with Crippen molar-refractivity contribution in [1.82, 2.24) is 30.5 Å². The van der Waals surface area contributed by atoms with Crippen molar-refractivity contribution < 1.29 is 4.79 Å². The molecule has 1 amide bonds. The van der Waals surface area contributed by atoms with Crippen LogP contribution < -0.4 is 10.6 Å². The minimum absolute atomic E-state index is 0.135. The van der Waals surface area contributed by atoms with Gasteiger partial charge >= 0.3 is 0 Å². The molecule has 24 heavy (non-hydrogen) atoms. The van der Waals surface area contributed by atoms with Crippen LogP contribution in [-0.2, 0) is 11.3 Å². The molecule has 2 N–H and O–H groups in total. The number of hydrogen-bond acceptors (Lipinski definition) is 7. The minimum Gasteiger partial charge on any atom is -0.350 e. The SMILES string of the molecule is CN1C[C@H]2CNC[C@@]2(C(=O)NCc2csc(-c3cnccn3)n2)C1. The third-order valence-corrected chi connectivity index (χ3v) is 5.83. The minimum atomic E-state index is -0.293. The molecular weight excluding hydrogens is 324 g/mol. The van der Waals surface area contributed by atoms with E-state index in [0.29, 0.717) is 12.5 Å². The number of amides is 1. The van der Waals surface area contributed by atoms with E-state index in [9.17, 15) is 4.79 Å². The second-order valence-corrected chi connectivity index (χ2v) is 7.46. The van der Waals surface area contributed by atoms with Crippen molar-refractivity contribution in [1.29, 1.82) is 0 Å². The van der Waals surface area contributed by atoms with Crippen LogP contribution in [0.4, 0.5) is 0 Å². The average molecular weight is 344 g/mol. The number of nitrogens with one attached hydrogen (secondary N) is 2. The molecule has 2 aromatic rings. The molecule has 0 bridgehead atoms. The van der Waals surface area contributed by atoms with Crippen molar-refractivity contribution in [3.63, 3.8) is 0 Å². The molecule has 0 spiro atoms. The van der Waals surface area contributed by atoms with E-state index in [-0.39, 0.29) is 11.3 Å². The van der Waals surface area contributed by atoms with Crippen molar-refractivity contribution in [2.45, 2.75) is 6.54 Å². The highest BCUT2D eigenvalue weighted by atomic mass is 32.1. The van der Waals surface area contributed by atoms with E-state index in [4.69, 9.17) is 0 Å². The van der Waals surface area contributed by atoms with E-state index < -0.39 is 0 Å². The molecule has 0 saturated carbocycles. The second-order valence-electron chi connectivity index (χ2n) is 6.60. The molecule has 2 saturated heterocycles. The molecule has 8 heteroatoms. The van der Waals surface area contributed by atoms with Gasteiger partial charge in [0.05, 0.1) is 23.9 Å². The van der Waals surface area contributed by atoms with Crippen molar-refractivity contribution in [3.8, 4) is 10.7 Å². The van der Waals surface area contributed by atoms with Crippen LogP contribution in [0.1, 0.15) is 5.69 Å². The molecule has 0 aromatic carbocycles. The van der Waals surface area contributed by atoms with E-state index in [1.165, 1.54) is 11.3 Å². The number of nitrogens with zero attached hydrogens (tertiary/aromatic N) is 4. The van der Waals surface area contributed by atoms with Crippen LogP contribution in [-0.4, -0.2) is 59.0 Å². The number of carbonyl (C=O) groups is 1. The Labute approximate surface area is 144 Å². The predicted octanol–water partition coefficient (Wildman–Crippen LogP) is 0.367. The molecule has 126 valence electrons. The summed E-state index contributed by atoms with van der Waals surface area (Å²) in [4.78, 5) is 27.9. The van der Waals surface area contributed by atoms with Gasteiger partial charge in [-0.05, 0) is 7.05 Å². The van der Waals surface area contributed by atoms with Gasteiger partial charge in [0.15, 0.2) is 0 Å². The standard InChI is InChI=1S/C16H20N6OS/c1-22-7-11-4-18-9-16(11,10-22)15(23)20-5-12-8-24-14(21-12)13-6-17-2-3-19-13/h2-3,6,8,11,18H,4-5,7,9-10H2,1H3,(H,20,23)/t11-,16-/m1/s1. The van der Waals surface area contributed by atoms with Crippen LogP contribution in [0.2, 0.25) is 0 Å². The molecule has 0 radical (unpaired) electrons. The Bertz CT molecular complexity index is 735. The van der Waals surface area contributed by atoms with Crippen molar-refractivity contribution in [2.75, 3.05) is 33.2 Å². The van der Waals surface area contributed by atoms with Crippen LogP contribution in [0.15, 0.2) is 24.0 Å². The van der Waals surface area contributed by atoms with Crippen LogP contribution in [0.5, 0.6) is 0 Å². The lowest BCUT2D eigenvalue weighted by Gasteiger charge is -2.26.